The Balaban J connectivity index is 1.79. The highest BCUT2D eigenvalue weighted by molar-refractivity contribution is 6.32. The molecule has 0 bridgehead atoms. The summed E-state index contributed by atoms with van der Waals surface area (Å²) in [6.07, 6.45) is 4.61. The SMILES string of the molecule is O=C(N[C@H]1CCC[C@H]1c1ccccc1Cl)c1cccnc1Cl. The third-order valence-corrected chi connectivity index (χ3v) is 4.79. The van der Waals surface area contributed by atoms with Crippen LogP contribution in [-0.4, -0.2) is 16.9 Å². The van der Waals surface area contributed by atoms with Crippen molar-refractivity contribution in [2.45, 2.75) is 31.2 Å². The van der Waals surface area contributed by atoms with Crippen molar-refractivity contribution in [1.82, 2.24) is 10.3 Å². The monoisotopic (exact) mass is 334 g/mol. The van der Waals surface area contributed by atoms with Gasteiger partial charge >= 0.3 is 0 Å². The van der Waals surface area contributed by atoms with Crippen LogP contribution < -0.4 is 5.32 Å². The van der Waals surface area contributed by atoms with Gasteiger partial charge in [0.1, 0.15) is 5.15 Å². The van der Waals surface area contributed by atoms with Crippen molar-refractivity contribution in [3.05, 3.63) is 63.9 Å². The van der Waals surface area contributed by atoms with Crippen LogP contribution >= 0.6 is 23.2 Å². The average Bonchev–Trinajstić information content (AvgIpc) is 2.96. The molecule has 3 nitrogen and oxygen atoms in total. The van der Waals surface area contributed by atoms with Gasteiger partial charge in [0, 0.05) is 23.2 Å². The van der Waals surface area contributed by atoms with Gasteiger partial charge in [0.05, 0.1) is 5.56 Å². The second kappa shape index (κ2) is 6.67. The lowest BCUT2D eigenvalue weighted by Gasteiger charge is -2.22. The normalized spacial score (nSPS) is 20.8. The third-order valence-electron chi connectivity index (χ3n) is 4.14. The van der Waals surface area contributed by atoms with Crippen molar-refractivity contribution >= 4 is 29.1 Å². The lowest BCUT2D eigenvalue weighted by Crippen LogP contribution is -2.36. The van der Waals surface area contributed by atoms with Crippen LogP contribution in [0.2, 0.25) is 10.2 Å². The molecule has 1 saturated carbocycles. The fourth-order valence-electron chi connectivity index (χ4n) is 3.08. The van der Waals surface area contributed by atoms with Gasteiger partial charge in [-0.2, -0.15) is 0 Å². The Labute approximate surface area is 139 Å². The van der Waals surface area contributed by atoms with Crippen molar-refractivity contribution in [3.8, 4) is 0 Å². The van der Waals surface area contributed by atoms with Gasteiger partial charge in [-0.3, -0.25) is 4.79 Å². The van der Waals surface area contributed by atoms with Crippen molar-refractivity contribution < 1.29 is 4.79 Å². The standard InChI is InChI=1S/C17H16Cl2N2O/c18-14-8-2-1-5-11(14)12-6-3-9-15(12)21-17(22)13-7-4-10-20-16(13)19/h1-2,4-5,7-8,10,12,15H,3,6,9H2,(H,21,22)/t12-,15-/m0/s1. The van der Waals surface area contributed by atoms with Crippen LogP contribution in [-0.2, 0) is 0 Å². The molecule has 0 unspecified atom stereocenters. The Morgan fingerprint density at radius 3 is 2.73 bits per heavy atom. The number of rotatable bonds is 3. The van der Waals surface area contributed by atoms with E-state index in [1.54, 1.807) is 18.3 Å². The number of benzene rings is 1. The number of hydrogen-bond donors (Lipinski definition) is 1. The van der Waals surface area contributed by atoms with E-state index in [2.05, 4.69) is 10.3 Å². The molecule has 1 N–H and O–H groups in total. The van der Waals surface area contributed by atoms with Crippen LogP contribution in [0.1, 0.15) is 41.1 Å². The predicted octanol–water partition coefficient (Wildman–Crippen LogP) is 4.45. The summed E-state index contributed by atoms with van der Waals surface area (Å²) in [6, 6.07) is 11.3. The van der Waals surface area contributed by atoms with Crippen molar-refractivity contribution in [2.75, 3.05) is 0 Å². The molecule has 0 radical (unpaired) electrons. The summed E-state index contributed by atoms with van der Waals surface area (Å²) in [6.45, 7) is 0. The summed E-state index contributed by atoms with van der Waals surface area (Å²) in [5, 5.41) is 4.08. The van der Waals surface area contributed by atoms with Gasteiger partial charge < -0.3 is 5.32 Å². The molecule has 0 saturated heterocycles. The highest BCUT2D eigenvalue weighted by atomic mass is 35.5. The van der Waals surface area contributed by atoms with E-state index < -0.39 is 0 Å². The summed E-state index contributed by atoms with van der Waals surface area (Å²) in [7, 11) is 0. The Morgan fingerprint density at radius 2 is 1.95 bits per heavy atom. The number of aromatic nitrogens is 1. The molecular weight excluding hydrogens is 319 g/mol. The molecule has 1 aromatic heterocycles. The molecule has 1 aliphatic carbocycles. The van der Waals surface area contributed by atoms with Crippen LogP contribution in [0, 0.1) is 0 Å². The van der Waals surface area contributed by atoms with Crippen molar-refractivity contribution in [3.63, 3.8) is 0 Å². The van der Waals surface area contributed by atoms with Gasteiger partial charge in [-0.1, -0.05) is 47.8 Å². The minimum Gasteiger partial charge on any atom is -0.349 e. The summed E-state index contributed by atoms with van der Waals surface area (Å²) in [5.41, 5.74) is 1.51. The lowest BCUT2D eigenvalue weighted by atomic mass is 9.94. The second-order valence-electron chi connectivity index (χ2n) is 5.48. The zero-order chi connectivity index (χ0) is 15.5. The first-order valence-corrected chi connectivity index (χ1v) is 8.08. The third kappa shape index (κ3) is 3.11. The fraction of sp³-hybridized carbons (Fsp3) is 0.294. The molecule has 1 aromatic carbocycles. The van der Waals surface area contributed by atoms with Gasteiger partial charge in [-0.25, -0.2) is 4.98 Å². The lowest BCUT2D eigenvalue weighted by molar-refractivity contribution is 0.0934. The number of nitrogens with one attached hydrogen (secondary N) is 1. The number of nitrogens with zero attached hydrogens (tertiary/aromatic N) is 1. The summed E-state index contributed by atoms with van der Waals surface area (Å²) in [4.78, 5) is 16.4. The van der Waals surface area contributed by atoms with Crippen LogP contribution in [0.5, 0.6) is 0 Å². The maximum absolute atomic E-state index is 12.4. The number of pyridine rings is 1. The largest absolute Gasteiger partial charge is 0.349 e. The highest BCUT2D eigenvalue weighted by Crippen LogP contribution is 2.38. The fourth-order valence-corrected chi connectivity index (χ4v) is 3.56. The van der Waals surface area contributed by atoms with Crippen LogP contribution in [0.4, 0.5) is 0 Å². The number of halogens is 2. The second-order valence-corrected chi connectivity index (χ2v) is 6.25. The van der Waals surface area contributed by atoms with Gasteiger partial charge in [-0.05, 0) is 36.6 Å². The van der Waals surface area contributed by atoms with Gasteiger partial charge in [0.25, 0.3) is 5.91 Å². The quantitative estimate of drug-likeness (QED) is 0.842. The molecule has 22 heavy (non-hydrogen) atoms. The molecule has 5 heteroatoms. The molecule has 3 rings (SSSR count). The summed E-state index contributed by atoms with van der Waals surface area (Å²) in [5.74, 6) is 0.0650. The van der Waals surface area contributed by atoms with Gasteiger partial charge in [0.2, 0.25) is 0 Å². The van der Waals surface area contributed by atoms with Crippen LogP contribution in [0.3, 0.4) is 0 Å². The molecule has 2 atom stereocenters. The Bertz CT molecular complexity index is 690. The molecule has 0 aliphatic heterocycles. The molecule has 114 valence electrons. The van der Waals surface area contributed by atoms with Crippen LogP contribution in [0.15, 0.2) is 42.6 Å². The average molecular weight is 335 g/mol. The number of amides is 1. The van der Waals surface area contributed by atoms with E-state index in [4.69, 9.17) is 23.2 Å². The van der Waals surface area contributed by atoms with E-state index in [-0.39, 0.29) is 23.0 Å². The maximum atomic E-state index is 12.4. The zero-order valence-electron chi connectivity index (χ0n) is 11.9. The van der Waals surface area contributed by atoms with Crippen molar-refractivity contribution in [1.29, 1.82) is 0 Å². The molecule has 1 fully saturated rings. The molecule has 0 spiro atoms. The molecule has 1 heterocycles. The van der Waals surface area contributed by atoms with E-state index in [1.807, 2.05) is 24.3 Å². The zero-order valence-corrected chi connectivity index (χ0v) is 13.4. The minimum atomic E-state index is -0.179. The minimum absolute atomic E-state index is 0.0728. The Morgan fingerprint density at radius 1 is 1.14 bits per heavy atom. The first kappa shape index (κ1) is 15.3. The molecule has 1 amide bonds. The maximum Gasteiger partial charge on any atom is 0.254 e. The summed E-state index contributed by atoms with van der Waals surface area (Å²) < 4.78 is 0. The highest BCUT2D eigenvalue weighted by Gasteiger charge is 2.31. The first-order valence-electron chi connectivity index (χ1n) is 7.32. The Kier molecular flexibility index (Phi) is 4.65. The van der Waals surface area contributed by atoms with E-state index in [1.165, 1.54) is 0 Å². The van der Waals surface area contributed by atoms with Crippen molar-refractivity contribution in [2.24, 2.45) is 0 Å². The predicted molar refractivity (Wildman–Crippen MR) is 88.5 cm³/mol. The van der Waals surface area contributed by atoms with Gasteiger partial charge in [0.15, 0.2) is 0 Å². The van der Waals surface area contributed by atoms with Gasteiger partial charge in [-0.15, -0.1) is 0 Å². The molecular formula is C17H16Cl2N2O. The number of carbonyl (C=O) groups is 1. The summed E-state index contributed by atoms with van der Waals surface area (Å²) >= 11 is 12.3. The van der Waals surface area contributed by atoms with E-state index in [0.29, 0.717) is 5.56 Å². The van der Waals surface area contributed by atoms with E-state index in [9.17, 15) is 4.79 Å². The topological polar surface area (TPSA) is 42.0 Å². The molecule has 2 aromatic rings. The smallest absolute Gasteiger partial charge is 0.254 e. The molecule has 1 aliphatic rings. The van der Waals surface area contributed by atoms with E-state index >= 15 is 0 Å². The van der Waals surface area contributed by atoms with Crippen LogP contribution in [0.25, 0.3) is 0 Å². The number of hydrogen-bond acceptors (Lipinski definition) is 2. The van der Waals surface area contributed by atoms with E-state index in [0.717, 1.165) is 29.8 Å². The first-order chi connectivity index (χ1) is 10.7. The Hall–Kier alpha value is -1.58. The number of carbonyl (C=O) groups excluding carboxylic acids is 1.